The van der Waals surface area contributed by atoms with Crippen LogP contribution in [0.2, 0.25) is 0 Å². The van der Waals surface area contributed by atoms with Crippen LogP contribution in [0, 0.1) is 0 Å². The van der Waals surface area contributed by atoms with Gasteiger partial charge in [0.25, 0.3) is 0 Å². The summed E-state index contributed by atoms with van der Waals surface area (Å²) in [4.78, 5) is 16.4. The molecule has 3 aromatic rings. The van der Waals surface area contributed by atoms with Gasteiger partial charge >= 0.3 is 6.03 Å². The average Bonchev–Trinajstić information content (AvgIpc) is 2.83. The van der Waals surface area contributed by atoms with Crippen LogP contribution in [0.25, 0.3) is 11.3 Å². The lowest BCUT2D eigenvalue weighted by Gasteiger charge is -2.35. The van der Waals surface area contributed by atoms with E-state index in [0.717, 1.165) is 41.5 Å². The molecule has 7 nitrogen and oxygen atoms in total. The topological polar surface area (TPSA) is 70.6 Å². The Hall–Kier alpha value is -3.61. The third-order valence-electron chi connectivity index (χ3n) is 5.19. The largest absolute Gasteiger partial charge is 0.497 e. The second kappa shape index (κ2) is 9.26. The van der Waals surface area contributed by atoms with Gasteiger partial charge in [0.05, 0.1) is 12.8 Å². The molecule has 0 unspecified atom stereocenters. The van der Waals surface area contributed by atoms with E-state index in [4.69, 9.17) is 4.74 Å². The van der Waals surface area contributed by atoms with E-state index in [-0.39, 0.29) is 6.03 Å². The lowest BCUT2D eigenvalue weighted by molar-refractivity contribution is 0.194. The van der Waals surface area contributed by atoms with Crippen molar-refractivity contribution in [2.24, 2.45) is 0 Å². The highest BCUT2D eigenvalue weighted by Gasteiger charge is 2.22. The smallest absolute Gasteiger partial charge is 0.317 e. The standard InChI is InChI=1S/C23H25N5O2/c1-30-20-9-5-8-19(16-20)21-10-11-22(26-25-21)27-12-14-28(15-13-27)23(29)24-17-18-6-3-2-4-7-18/h2-11,16H,12-15,17H2,1H3,(H,24,29). The van der Waals surface area contributed by atoms with Crippen LogP contribution in [-0.2, 0) is 6.54 Å². The summed E-state index contributed by atoms with van der Waals surface area (Å²) >= 11 is 0. The monoisotopic (exact) mass is 403 g/mol. The third kappa shape index (κ3) is 4.68. The van der Waals surface area contributed by atoms with Gasteiger partial charge in [-0.3, -0.25) is 0 Å². The molecule has 1 fully saturated rings. The normalized spacial score (nSPS) is 13.8. The number of carbonyl (C=O) groups is 1. The van der Waals surface area contributed by atoms with Gasteiger partial charge < -0.3 is 19.9 Å². The maximum Gasteiger partial charge on any atom is 0.317 e. The van der Waals surface area contributed by atoms with Crippen molar-refractivity contribution >= 4 is 11.8 Å². The van der Waals surface area contributed by atoms with Crippen LogP contribution >= 0.6 is 0 Å². The maximum absolute atomic E-state index is 12.4. The number of benzene rings is 2. The molecule has 2 aromatic carbocycles. The molecule has 30 heavy (non-hydrogen) atoms. The van der Waals surface area contributed by atoms with E-state index in [1.807, 2.05) is 71.6 Å². The summed E-state index contributed by atoms with van der Waals surface area (Å²) in [6.45, 7) is 3.30. The molecule has 1 N–H and O–H groups in total. The first-order valence-electron chi connectivity index (χ1n) is 10.0. The molecule has 0 saturated carbocycles. The summed E-state index contributed by atoms with van der Waals surface area (Å²) in [6, 6.07) is 21.6. The molecule has 154 valence electrons. The Balaban J connectivity index is 1.31. The number of methoxy groups -OCH3 is 1. The van der Waals surface area contributed by atoms with Gasteiger partial charge in [-0.2, -0.15) is 0 Å². The predicted molar refractivity (Wildman–Crippen MR) is 116 cm³/mol. The van der Waals surface area contributed by atoms with Gasteiger partial charge in [-0.15, -0.1) is 10.2 Å². The zero-order chi connectivity index (χ0) is 20.8. The summed E-state index contributed by atoms with van der Waals surface area (Å²) in [7, 11) is 1.65. The fourth-order valence-corrected chi connectivity index (χ4v) is 3.45. The van der Waals surface area contributed by atoms with Crippen molar-refractivity contribution in [1.29, 1.82) is 0 Å². The maximum atomic E-state index is 12.4. The van der Waals surface area contributed by atoms with Gasteiger partial charge in [0, 0.05) is 38.3 Å². The molecule has 0 spiro atoms. The summed E-state index contributed by atoms with van der Waals surface area (Å²) < 4.78 is 5.27. The molecule has 1 aromatic heterocycles. The van der Waals surface area contributed by atoms with Crippen molar-refractivity contribution in [3.8, 4) is 17.0 Å². The summed E-state index contributed by atoms with van der Waals surface area (Å²) in [6.07, 6.45) is 0. The first kappa shape index (κ1) is 19.7. The van der Waals surface area contributed by atoms with Crippen LogP contribution in [0.5, 0.6) is 5.75 Å². The van der Waals surface area contributed by atoms with Crippen molar-refractivity contribution in [3.05, 3.63) is 72.3 Å². The van der Waals surface area contributed by atoms with Gasteiger partial charge in [0.15, 0.2) is 5.82 Å². The number of nitrogens with zero attached hydrogens (tertiary/aromatic N) is 4. The van der Waals surface area contributed by atoms with E-state index in [1.54, 1.807) is 7.11 Å². The van der Waals surface area contributed by atoms with Crippen molar-refractivity contribution in [2.45, 2.75) is 6.54 Å². The quantitative estimate of drug-likeness (QED) is 0.709. The van der Waals surface area contributed by atoms with Gasteiger partial charge in [-0.25, -0.2) is 4.79 Å². The first-order chi connectivity index (χ1) is 14.7. The zero-order valence-corrected chi connectivity index (χ0v) is 17.0. The molecular weight excluding hydrogens is 378 g/mol. The molecule has 4 rings (SSSR count). The molecule has 0 bridgehead atoms. The number of ether oxygens (including phenoxy) is 1. The molecule has 7 heteroatoms. The number of amides is 2. The fraction of sp³-hybridized carbons (Fsp3) is 0.261. The van der Waals surface area contributed by atoms with Crippen LogP contribution < -0.4 is 15.0 Å². The number of aromatic nitrogens is 2. The number of piperazine rings is 1. The van der Waals surface area contributed by atoms with Crippen LogP contribution in [0.15, 0.2) is 66.7 Å². The zero-order valence-electron chi connectivity index (χ0n) is 17.0. The van der Waals surface area contributed by atoms with Crippen molar-refractivity contribution in [2.75, 3.05) is 38.2 Å². The summed E-state index contributed by atoms with van der Waals surface area (Å²) in [5.41, 5.74) is 2.86. The Bertz CT molecular complexity index is 970. The molecule has 2 amide bonds. The van der Waals surface area contributed by atoms with Crippen molar-refractivity contribution in [3.63, 3.8) is 0 Å². The van der Waals surface area contributed by atoms with Crippen LogP contribution in [0.1, 0.15) is 5.56 Å². The SMILES string of the molecule is COc1cccc(-c2ccc(N3CCN(C(=O)NCc4ccccc4)CC3)nn2)c1. The van der Waals surface area contributed by atoms with Crippen LogP contribution in [0.4, 0.5) is 10.6 Å². The van der Waals surface area contributed by atoms with Gasteiger partial charge in [0.1, 0.15) is 5.75 Å². The highest BCUT2D eigenvalue weighted by Crippen LogP contribution is 2.23. The lowest BCUT2D eigenvalue weighted by Crippen LogP contribution is -2.51. The van der Waals surface area contributed by atoms with Gasteiger partial charge in [0.2, 0.25) is 0 Å². The minimum atomic E-state index is -0.0297. The van der Waals surface area contributed by atoms with Crippen molar-refractivity contribution in [1.82, 2.24) is 20.4 Å². The molecule has 0 atom stereocenters. The summed E-state index contributed by atoms with van der Waals surface area (Å²) in [5, 5.41) is 11.8. The van der Waals surface area contributed by atoms with E-state index in [9.17, 15) is 4.79 Å². The van der Waals surface area contributed by atoms with Crippen molar-refractivity contribution < 1.29 is 9.53 Å². The second-order valence-corrected chi connectivity index (χ2v) is 7.13. The van der Waals surface area contributed by atoms with Crippen LogP contribution in [-0.4, -0.2) is 54.4 Å². The molecule has 0 aliphatic carbocycles. The van der Waals surface area contributed by atoms with E-state index >= 15 is 0 Å². The van der Waals surface area contributed by atoms with E-state index < -0.39 is 0 Å². The number of nitrogens with one attached hydrogen (secondary N) is 1. The third-order valence-corrected chi connectivity index (χ3v) is 5.19. The molecule has 1 aliphatic heterocycles. The van der Waals surface area contributed by atoms with Gasteiger partial charge in [-0.1, -0.05) is 42.5 Å². The second-order valence-electron chi connectivity index (χ2n) is 7.13. The Morgan fingerprint density at radius 2 is 1.77 bits per heavy atom. The molecular formula is C23H25N5O2. The van der Waals surface area contributed by atoms with Crippen LogP contribution in [0.3, 0.4) is 0 Å². The van der Waals surface area contributed by atoms with E-state index in [2.05, 4.69) is 20.4 Å². The Labute approximate surface area is 176 Å². The fourth-order valence-electron chi connectivity index (χ4n) is 3.45. The number of anilines is 1. The minimum Gasteiger partial charge on any atom is -0.497 e. The number of hydrogen-bond acceptors (Lipinski definition) is 5. The lowest BCUT2D eigenvalue weighted by atomic mass is 10.1. The molecule has 0 radical (unpaired) electrons. The average molecular weight is 403 g/mol. The number of hydrogen-bond donors (Lipinski definition) is 1. The number of rotatable bonds is 5. The Morgan fingerprint density at radius 3 is 2.47 bits per heavy atom. The molecule has 1 saturated heterocycles. The van der Waals surface area contributed by atoms with E-state index in [1.165, 1.54) is 0 Å². The Morgan fingerprint density at radius 1 is 0.967 bits per heavy atom. The van der Waals surface area contributed by atoms with Gasteiger partial charge in [-0.05, 0) is 29.8 Å². The predicted octanol–water partition coefficient (Wildman–Crippen LogP) is 3.18. The highest BCUT2D eigenvalue weighted by molar-refractivity contribution is 5.74. The molecule has 2 heterocycles. The molecule has 1 aliphatic rings. The Kier molecular flexibility index (Phi) is 6.08. The minimum absolute atomic E-state index is 0.0297. The summed E-state index contributed by atoms with van der Waals surface area (Å²) in [5.74, 6) is 1.62. The first-order valence-corrected chi connectivity index (χ1v) is 10.0. The number of carbonyl (C=O) groups excluding carboxylic acids is 1. The number of urea groups is 1. The van der Waals surface area contributed by atoms with E-state index in [0.29, 0.717) is 19.6 Å². The highest BCUT2D eigenvalue weighted by atomic mass is 16.5.